The molecule has 12 heteroatoms. The molecule has 0 spiro atoms. The third-order valence-corrected chi connectivity index (χ3v) is 8.48. The molecule has 2 atom stereocenters. The lowest BCUT2D eigenvalue weighted by Crippen LogP contribution is -2.45. The first-order chi connectivity index (χ1) is 19.5. The van der Waals surface area contributed by atoms with Crippen LogP contribution < -0.4 is 10.6 Å². The van der Waals surface area contributed by atoms with Gasteiger partial charge in [-0.1, -0.05) is 42.5 Å². The first-order valence-electron chi connectivity index (χ1n) is 12.7. The normalized spacial score (nSPS) is 18.4. The number of hydrogen-bond acceptors (Lipinski definition) is 9. The van der Waals surface area contributed by atoms with Gasteiger partial charge < -0.3 is 19.8 Å². The fourth-order valence-corrected chi connectivity index (χ4v) is 6.26. The molecule has 2 aromatic heterocycles. The lowest BCUT2D eigenvalue weighted by molar-refractivity contribution is -0.120. The van der Waals surface area contributed by atoms with Crippen molar-refractivity contribution < 1.29 is 23.5 Å². The highest BCUT2D eigenvalue weighted by molar-refractivity contribution is 7.99. The summed E-state index contributed by atoms with van der Waals surface area (Å²) in [7, 11) is 0. The van der Waals surface area contributed by atoms with Crippen LogP contribution in [0.5, 0.6) is 0 Å². The van der Waals surface area contributed by atoms with E-state index in [1.807, 2.05) is 47.8 Å². The Hall–Kier alpha value is -4.16. The first-order valence-corrected chi connectivity index (χ1v) is 14.7. The highest BCUT2D eigenvalue weighted by atomic mass is 32.2. The number of nitrogens with zero attached hydrogens (tertiary/aromatic N) is 3. The fraction of sp³-hybridized carbons (Fsp3) is 0.250. The second kappa shape index (κ2) is 11.5. The minimum absolute atomic E-state index is 0.0738. The van der Waals surface area contributed by atoms with Gasteiger partial charge in [0.05, 0.1) is 11.9 Å². The number of amides is 3. The Morgan fingerprint density at radius 2 is 1.88 bits per heavy atom. The molecule has 0 radical (unpaired) electrons. The maximum absolute atomic E-state index is 13.4. The van der Waals surface area contributed by atoms with Gasteiger partial charge in [-0.2, -0.15) is 0 Å². The van der Waals surface area contributed by atoms with E-state index in [2.05, 4.69) is 20.6 Å². The summed E-state index contributed by atoms with van der Waals surface area (Å²) < 4.78 is 11.0. The Morgan fingerprint density at radius 1 is 1.07 bits per heavy atom. The molecular formula is C28H25N5O5S2. The predicted octanol–water partition coefficient (Wildman–Crippen LogP) is 5.08. The van der Waals surface area contributed by atoms with Gasteiger partial charge in [-0.05, 0) is 30.5 Å². The van der Waals surface area contributed by atoms with Crippen molar-refractivity contribution in [1.82, 2.24) is 20.2 Å². The number of thiazole rings is 1. The van der Waals surface area contributed by atoms with Crippen LogP contribution in [0.4, 0.5) is 9.93 Å². The number of rotatable bonds is 8. The van der Waals surface area contributed by atoms with Gasteiger partial charge in [-0.25, -0.2) is 14.8 Å². The highest BCUT2D eigenvalue weighted by Gasteiger charge is 2.45. The van der Waals surface area contributed by atoms with E-state index in [-0.39, 0.29) is 18.4 Å². The van der Waals surface area contributed by atoms with Crippen LogP contribution in [0.3, 0.4) is 0 Å². The number of oxazole rings is 1. The van der Waals surface area contributed by atoms with E-state index in [9.17, 15) is 14.4 Å². The summed E-state index contributed by atoms with van der Waals surface area (Å²) in [6, 6.07) is 16.0. The van der Waals surface area contributed by atoms with Crippen molar-refractivity contribution in [3.63, 3.8) is 0 Å². The summed E-state index contributed by atoms with van der Waals surface area (Å²) in [4.78, 5) is 49.0. The smallest absolute Gasteiger partial charge is 0.412 e. The molecule has 2 aliphatic rings. The number of carbonyl (C=O) groups excluding carboxylic acids is 3. The van der Waals surface area contributed by atoms with Gasteiger partial charge in [-0.3, -0.25) is 14.5 Å². The number of nitrogens with one attached hydrogen (secondary N) is 2. The quantitative estimate of drug-likeness (QED) is 0.298. The number of carbonyl (C=O) groups is 3. The van der Waals surface area contributed by atoms with Crippen LogP contribution in [-0.4, -0.2) is 50.6 Å². The van der Waals surface area contributed by atoms with E-state index in [1.54, 1.807) is 12.1 Å². The Balaban J connectivity index is 1.13. The second-order valence-corrected chi connectivity index (χ2v) is 11.3. The van der Waals surface area contributed by atoms with E-state index in [1.165, 1.54) is 40.5 Å². The van der Waals surface area contributed by atoms with E-state index in [0.717, 1.165) is 24.0 Å². The number of thioether (sulfide) groups is 1. The molecule has 1 saturated carbocycles. The topological polar surface area (TPSA) is 127 Å². The van der Waals surface area contributed by atoms with E-state index < -0.39 is 17.5 Å². The number of aromatic nitrogens is 2. The summed E-state index contributed by atoms with van der Waals surface area (Å²) in [6.45, 7) is 0.0738. The van der Waals surface area contributed by atoms with Crippen molar-refractivity contribution >= 4 is 46.1 Å². The van der Waals surface area contributed by atoms with Crippen LogP contribution in [-0.2, 0) is 16.1 Å². The average Bonchev–Trinajstić information content (AvgIpc) is 3.36. The van der Waals surface area contributed by atoms with Crippen molar-refractivity contribution in [3.8, 4) is 11.3 Å². The third kappa shape index (κ3) is 5.87. The van der Waals surface area contributed by atoms with Gasteiger partial charge in [0, 0.05) is 28.3 Å². The molecule has 1 aliphatic heterocycles. The van der Waals surface area contributed by atoms with Crippen LogP contribution in [0.25, 0.3) is 11.3 Å². The molecule has 10 nitrogen and oxygen atoms in total. The van der Waals surface area contributed by atoms with Crippen molar-refractivity contribution in [3.05, 3.63) is 89.5 Å². The number of ether oxygens (including phenoxy) is 1. The van der Waals surface area contributed by atoms with Crippen molar-refractivity contribution in [2.45, 2.75) is 36.9 Å². The summed E-state index contributed by atoms with van der Waals surface area (Å²) in [6.07, 6.45) is 4.36. The molecule has 40 heavy (non-hydrogen) atoms. The first kappa shape index (κ1) is 26.1. The molecule has 0 bridgehead atoms. The lowest BCUT2D eigenvalue weighted by atomic mass is 10.1. The molecule has 1 unspecified atom stereocenters. The van der Waals surface area contributed by atoms with Crippen LogP contribution in [0.15, 0.2) is 76.9 Å². The van der Waals surface area contributed by atoms with E-state index in [0.29, 0.717) is 34.1 Å². The van der Waals surface area contributed by atoms with E-state index in [4.69, 9.17) is 9.15 Å². The minimum Gasteiger partial charge on any atom is -0.446 e. The Labute approximate surface area is 238 Å². The summed E-state index contributed by atoms with van der Waals surface area (Å²) in [5.74, 6) is 0.195. The highest BCUT2D eigenvalue weighted by Crippen LogP contribution is 2.41. The Bertz CT molecular complexity index is 1490. The summed E-state index contributed by atoms with van der Waals surface area (Å²) in [5.41, 5.74) is 2.93. The maximum atomic E-state index is 13.4. The van der Waals surface area contributed by atoms with E-state index >= 15 is 0 Å². The van der Waals surface area contributed by atoms with Crippen LogP contribution >= 0.6 is 23.1 Å². The molecule has 3 amide bonds. The molecule has 204 valence electrons. The molecule has 1 aliphatic carbocycles. The predicted molar refractivity (Wildman–Crippen MR) is 151 cm³/mol. The summed E-state index contributed by atoms with van der Waals surface area (Å²) in [5, 5.41) is 7.45. The lowest BCUT2D eigenvalue weighted by Gasteiger charge is -2.26. The third-order valence-electron chi connectivity index (χ3n) is 6.47. The van der Waals surface area contributed by atoms with Gasteiger partial charge >= 0.3 is 6.09 Å². The molecule has 1 saturated heterocycles. The average molecular weight is 576 g/mol. The monoisotopic (exact) mass is 575 g/mol. The van der Waals surface area contributed by atoms with Crippen molar-refractivity contribution in [2.75, 3.05) is 11.1 Å². The van der Waals surface area contributed by atoms with Gasteiger partial charge in [0.15, 0.2) is 10.5 Å². The zero-order chi connectivity index (χ0) is 27.5. The fourth-order valence-electron chi connectivity index (χ4n) is 4.21. The number of anilines is 1. The molecule has 4 aromatic rings. The largest absolute Gasteiger partial charge is 0.446 e. The standard InChI is InChI=1S/C28H25N5O5S2/c34-23(30-20-10-11-20)19-8-6-18(7-9-19)21-15-40-27(31-21)32-24(35)22-16-39-26(25-29-12-13-37-25)33(22)28(36)38-14-17-4-2-1-3-5-17/h1-9,12-13,15,20,22,26H,10-11,14,16H2,(H,30,34)(H,31,32,35)/t22-,26?/m0/s1. The Kier molecular flexibility index (Phi) is 7.51. The molecule has 3 heterocycles. The van der Waals surface area contributed by atoms with Gasteiger partial charge in [0.25, 0.3) is 5.91 Å². The molecule has 2 aromatic carbocycles. The van der Waals surface area contributed by atoms with Crippen LogP contribution in [0.1, 0.15) is 40.0 Å². The van der Waals surface area contributed by atoms with Crippen molar-refractivity contribution in [2.24, 2.45) is 0 Å². The molecule has 2 N–H and O–H groups in total. The molecular weight excluding hydrogens is 550 g/mol. The zero-order valence-corrected chi connectivity index (χ0v) is 22.8. The maximum Gasteiger partial charge on any atom is 0.412 e. The van der Waals surface area contributed by atoms with Crippen molar-refractivity contribution in [1.29, 1.82) is 0 Å². The molecule has 2 fully saturated rings. The molecule has 6 rings (SSSR count). The summed E-state index contributed by atoms with van der Waals surface area (Å²) >= 11 is 2.66. The zero-order valence-electron chi connectivity index (χ0n) is 21.2. The van der Waals surface area contributed by atoms with Gasteiger partial charge in [0.2, 0.25) is 11.8 Å². The number of hydrogen-bond donors (Lipinski definition) is 2. The van der Waals surface area contributed by atoms with Gasteiger partial charge in [0.1, 0.15) is 18.9 Å². The Morgan fingerprint density at radius 3 is 2.60 bits per heavy atom. The van der Waals surface area contributed by atoms with Gasteiger partial charge in [-0.15, -0.1) is 23.1 Å². The SMILES string of the molecule is O=C(NC1CC1)c1ccc(-c2csc(NC(=O)[C@@H]3CSC(c4ncco4)N3C(=O)OCc3ccccc3)n2)cc1. The van der Waals surface area contributed by atoms with Crippen LogP contribution in [0.2, 0.25) is 0 Å². The minimum atomic E-state index is -0.818. The van der Waals surface area contributed by atoms with Crippen LogP contribution in [0, 0.1) is 0 Å². The second-order valence-electron chi connectivity index (χ2n) is 9.37. The number of benzene rings is 2.